The minimum absolute atomic E-state index is 0.251. The molecule has 0 spiro atoms. The highest BCUT2D eigenvalue weighted by molar-refractivity contribution is 7.90. The van der Waals surface area contributed by atoms with Gasteiger partial charge in [-0.25, -0.2) is 8.42 Å². The van der Waals surface area contributed by atoms with E-state index in [1.165, 1.54) is 12.1 Å². The van der Waals surface area contributed by atoms with Crippen molar-refractivity contribution in [1.82, 2.24) is 0 Å². The summed E-state index contributed by atoms with van der Waals surface area (Å²) >= 11 is 11.9. The molecule has 2 aromatic rings. The quantitative estimate of drug-likeness (QED) is 0.679. The van der Waals surface area contributed by atoms with E-state index in [0.29, 0.717) is 10.7 Å². The molecule has 0 saturated heterocycles. The number of nitrogens with one attached hydrogen (secondary N) is 1. The average molecular weight is 343 g/mol. The first-order chi connectivity index (χ1) is 9.86. The Morgan fingerprint density at radius 1 is 1.05 bits per heavy atom. The molecule has 110 valence electrons. The highest BCUT2D eigenvalue weighted by atomic mass is 35.5. The van der Waals surface area contributed by atoms with Gasteiger partial charge in [-0.15, -0.1) is 0 Å². The topological polar surface area (TPSA) is 58.5 Å². The molecule has 4 nitrogen and oxygen atoms in total. The fourth-order valence-corrected chi connectivity index (χ4v) is 2.47. The Bertz CT molecular complexity index is 755. The molecular formula is C14H12Cl2N2O2S. The summed E-state index contributed by atoms with van der Waals surface area (Å²) in [5.74, 6) is 0. The van der Waals surface area contributed by atoms with E-state index >= 15 is 0 Å². The van der Waals surface area contributed by atoms with Crippen molar-refractivity contribution in [2.45, 2.75) is 4.90 Å². The third-order valence-corrected chi connectivity index (χ3v) is 4.33. The van der Waals surface area contributed by atoms with Crippen LogP contribution < -0.4 is 5.43 Å². The molecule has 0 aliphatic heterocycles. The van der Waals surface area contributed by atoms with Crippen molar-refractivity contribution in [3.63, 3.8) is 0 Å². The smallest absolute Gasteiger partial charge is 0.175 e. The van der Waals surface area contributed by atoms with E-state index in [2.05, 4.69) is 10.5 Å². The van der Waals surface area contributed by atoms with Crippen LogP contribution in [0.3, 0.4) is 0 Å². The van der Waals surface area contributed by atoms with Crippen LogP contribution in [0.2, 0.25) is 5.02 Å². The summed E-state index contributed by atoms with van der Waals surface area (Å²) in [4.78, 5) is 0.251. The number of anilines is 1. The van der Waals surface area contributed by atoms with Gasteiger partial charge < -0.3 is 0 Å². The van der Waals surface area contributed by atoms with Gasteiger partial charge >= 0.3 is 0 Å². The van der Waals surface area contributed by atoms with Crippen molar-refractivity contribution in [2.24, 2.45) is 5.10 Å². The molecule has 0 unspecified atom stereocenters. The first-order valence-electron chi connectivity index (χ1n) is 5.91. The molecule has 0 bridgehead atoms. The monoisotopic (exact) mass is 342 g/mol. The predicted octanol–water partition coefficient (Wildman–Crippen LogP) is 3.76. The van der Waals surface area contributed by atoms with Crippen LogP contribution in [-0.2, 0) is 9.84 Å². The van der Waals surface area contributed by atoms with Crippen molar-refractivity contribution in [3.8, 4) is 0 Å². The lowest BCUT2D eigenvalue weighted by molar-refractivity contribution is 0.602. The first-order valence-corrected chi connectivity index (χ1v) is 8.56. The summed E-state index contributed by atoms with van der Waals surface area (Å²) in [5, 5.41) is 4.92. The van der Waals surface area contributed by atoms with Gasteiger partial charge in [0, 0.05) is 16.8 Å². The van der Waals surface area contributed by atoms with Crippen LogP contribution in [-0.4, -0.2) is 19.8 Å². The second-order valence-corrected chi connectivity index (χ2v) is 7.13. The Kier molecular flexibility index (Phi) is 4.88. The van der Waals surface area contributed by atoms with Gasteiger partial charge in [-0.3, -0.25) is 5.43 Å². The third-order valence-electron chi connectivity index (χ3n) is 2.65. The SMILES string of the molecule is CS(=O)(=O)c1ccc(NN=C(Cl)c2ccc(Cl)cc2)cc1. The molecule has 2 rings (SSSR count). The Morgan fingerprint density at radius 2 is 1.62 bits per heavy atom. The highest BCUT2D eigenvalue weighted by Gasteiger charge is 2.06. The average Bonchev–Trinajstić information content (AvgIpc) is 2.45. The van der Waals surface area contributed by atoms with Gasteiger partial charge in [0.2, 0.25) is 0 Å². The Labute approximate surface area is 133 Å². The van der Waals surface area contributed by atoms with Gasteiger partial charge in [0.05, 0.1) is 10.6 Å². The largest absolute Gasteiger partial charge is 0.277 e. The second-order valence-electron chi connectivity index (χ2n) is 4.32. The standard InChI is InChI=1S/C14H12Cl2N2O2S/c1-21(19,20)13-8-6-12(7-9-13)17-18-14(16)10-2-4-11(15)5-3-10/h2-9,17H,1H3. The molecular weight excluding hydrogens is 331 g/mol. The Hall–Kier alpha value is -1.56. The lowest BCUT2D eigenvalue weighted by Gasteiger charge is -2.04. The van der Waals surface area contributed by atoms with Crippen LogP contribution in [0.1, 0.15) is 5.56 Å². The summed E-state index contributed by atoms with van der Waals surface area (Å²) in [6.07, 6.45) is 1.16. The number of hydrazone groups is 1. The van der Waals surface area contributed by atoms with Crippen LogP contribution >= 0.6 is 23.2 Å². The molecule has 0 aliphatic carbocycles. The maximum atomic E-state index is 11.3. The zero-order chi connectivity index (χ0) is 15.5. The van der Waals surface area contributed by atoms with E-state index in [0.717, 1.165) is 11.8 Å². The van der Waals surface area contributed by atoms with E-state index in [-0.39, 0.29) is 10.1 Å². The molecule has 0 amide bonds. The highest BCUT2D eigenvalue weighted by Crippen LogP contribution is 2.15. The molecule has 0 aliphatic rings. The van der Waals surface area contributed by atoms with Crippen molar-refractivity contribution in [2.75, 3.05) is 11.7 Å². The normalized spacial score (nSPS) is 12.2. The number of sulfone groups is 1. The van der Waals surface area contributed by atoms with Gasteiger partial charge in [0.15, 0.2) is 15.0 Å². The van der Waals surface area contributed by atoms with Crippen molar-refractivity contribution in [3.05, 3.63) is 59.1 Å². The number of hydrogen-bond donors (Lipinski definition) is 1. The first kappa shape index (κ1) is 15.8. The third kappa shape index (κ3) is 4.46. The molecule has 21 heavy (non-hydrogen) atoms. The summed E-state index contributed by atoms with van der Waals surface area (Å²) in [6.45, 7) is 0. The second kappa shape index (κ2) is 6.47. The zero-order valence-corrected chi connectivity index (χ0v) is 13.4. The number of rotatable bonds is 4. The molecule has 1 N–H and O–H groups in total. The summed E-state index contributed by atoms with van der Waals surface area (Å²) in [6, 6.07) is 13.2. The zero-order valence-electron chi connectivity index (χ0n) is 11.0. The number of halogens is 2. The van der Waals surface area contributed by atoms with Crippen LogP contribution in [0.25, 0.3) is 0 Å². The minimum atomic E-state index is -3.20. The van der Waals surface area contributed by atoms with Crippen molar-refractivity contribution < 1.29 is 8.42 Å². The van der Waals surface area contributed by atoms with E-state index in [1.54, 1.807) is 36.4 Å². The molecule has 0 radical (unpaired) electrons. The molecule has 0 atom stereocenters. The van der Waals surface area contributed by atoms with Gasteiger partial charge in [-0.1, -0.05) is 35.3 Å². The molecule has 0 heterocycles. The van der Waals surface area contributed by atoms with Crippen LogP contribution in [0.4, 0.5) is 5.69 Å². The number of nitrogens with zero attached hydrogens (tertiary/aromatic N) is 1. The fraction of sp³-hybridized carbons (Fsp3) is 0.0714. The summed E-state index contributed by atoms with van der Waals surface area (Å²) < 4.78 is 22.7. The molecule has 0 fully saturated rings. The van der Waals surface area contributed by atoms with Crippen molar-refractivity contribution in [1.29, 1.82) is 0 Å². The number of hydrogen-bond acceptors (Lipinski definition) is 4. The number of benzene rings is 2. The molecule has 0 aromatic heterocycles. The van der Waals surface area contributed by atoms with E-state index in [9.17, 15) is 8.42 Å². The molecule has 2 aromatic carbocycles. The van der Waals surface area contributed by atoms with Gasteiger partial charge in [0.1, 0.15) is 0 Å². The maximum absolute atomic E-state index is 11.3. The summed E-state index contributed by atoms with van der Waals surface area (Å²) in [5.41, 5.74) is 4.12. The lowest BCUT2D eigenvalue weighted by atomic mass is 10.2. The van der Waals surface area contributed by atoms with Gasteiger partial charge in [-0.2, -0.15) is 5.10 Å². The van der Waals surface area contributed by atoms with Crippen LogP contribution in [0, 0.1) is 0 Å². The van der Waals surface area contributed by atoms with Gasteiger partial charge in [-0.05, 0) is 36.4 Å². The lowest BCUT2D eigenvalue weighted by Crippen LogP contribution is -1.99. The Morgan fingerprint density at radius 3 is 2.14 bits per heavy atom. The van der Waals surface area contributed by atoms with Crippen LogP contribution in [0.5, 0.6) is 0 Å². The maximum Gasteiger partial charge on any atom is 0.175 e. The van der Waals surface area contributed by atoms with E-state index in [1.807, 2.05) is 0 Å². The van der Waals surface area contributed by atoms with E-state index < -0.39 is 9.84 Å². The van der Waals surface area contributed by atoms with E-state index in [4.69, 9.17) is 23.2 Å². The predicted molar refractivity (Wildman–Crippen MR) is 87.0 cm³/mol. The minimum Gasteiger partial charge on any atom is -0.277 e. The van der Waals surface area contributed by atoms with Crippen LogP contribution in [0.15, 0.2) is 58.5 Å². The fourth-order valence-electron chi connectivity index (χ4n) is 1.54. The Balaban J connectivity index is 2.11. The molecule has 0 saturated carbocycles. The summed E-state index contributed by atoms with van der Waals surface area (Å²) in [7, 11) is -3.20. The van der Waals surface area contributed by atoms with Gasteiger partial charge in [0.25, 0.3) is 0 Å². The van der Waals surface area contributed by atoms with Crippen molar-refractivity contribution >= 4 is 43.9 Å². The molecule has 7 heteroatoms.